The molecule has 118 valence electrons. The summed E-state index contributed by atoms with van der Waals surface area (Å²) in [5.41, 5.74) is 1.88. The first-order valence-corrected chi connectivity index (χ1v) is 7.14. The van der Waals surface area contributed by atoms with E-state index in [2.05, 4.69) is 10.6 Å². The zero-order valence-corrected chi connectivity index (χ0v) is 12.4. The summed E-state index contributed by atoms with van der Waals surface area (Å²) in [5.74, 6) is 0.754. The van der Waals surface area contributed by atoms with Gasteiger partial charge in [-0.05, 0) is 24.6 Å². The van der Waals surface area contributed by atoms with Crippen LogP contribution >= 0.6 is 0 Å². The maximum absolute atomic E-state index is 11.7. The quantitative estimate of drug-likeness (QED) is 0.684. The van der Waals surface area contributed by atoms with Crippen molar-refractivity contribution in [3.63, 3.8) is 0 Å². The number of benzene rings is 1. The SMILES string of the molecule is CCOC(O)CNC(=O)NCc1ccccc1-c1ccco1. The third kappa shape index (κ3) is 4.61. The predicted octanol–water partition coefficient (Wildman–Crippen LogP) is 2.10. The Morgan fingerprint density at radius 2 is 2.09 bits per heavy atom. The Morgan fingerprint density at radius 1 is 1.27 bits per heavy atom. The van der Waals surface area contributed by atoms with E-state index in [1.54, 1.807) is 13.2 Å². The zero-order valence-electron chi connectivity index (χ0n) is 12.4. The number of aliphatic hydroxyl groups is 1. The Hall–Kier alpha value is -2.31. The molecule has 0 spiro atoms. The minimum atomic E-state index is -0.994. The second-order valence-electron chi connectivity index (χ2n) is 4.61. The zero-order chi connectivity index (χ0) is 15.8. The number of carbonyl (C=O) groups is 1. The Morgan fingerprint density at radius 3 is 2.82 bits per heavy atom. The van der Waals surface area contributed by atoms with Gasteiger partial charge in [0.15, 0.2) is 6.29 Å². The standard InChI is InChI=1S/C16H20N2O4/c1-2-21-15(19)11-18-16(20)17-10-12-6-3-4-7-13(12)14-8-5-9-22-14/h3-9,15,19H,2,10-11H2,1H3,(H2,17,18,20). The molecule has 0 fully saturated rings. The monoisotopic (exact) mass is 304 g/mol. The lowest BCUT2D eigenvalue weighted by molar-refractivity contribution is -0.0897. The van der Waals surface area contributed by atoms with Crippen LogP contribution in [0.3, 0.4) is 0 Å². The topological polar surface area (TPSA) is 83.7 Å². The molecule has 1 heterocycles. The van der Waals surface area contributed by atoms with Gasteiger partial charge in [0.25, 0.3) is 0 Å². The molecule has 0 saturated carbocycles. The molecular formula is C16H20N2O4. The summed E-state index contributed by atoms with van der Waals surface area (Å²) in [7, 11) is 0. The number of amides is 2. The van der Waals surface area contributed by atoms with Crippen molar-refractivity contribution < 1.29 is 19.1 Å². The summed E-state index contributed by atoms with van der Waals surface area (Å²) < 4.78 is 10.3. The lowest BCUT2D eigenvalue weighted by Gasteiger charge is -2.13. The van der Waals surface area contributed by atoms with Crippen molar-refractivity contribution in [1.29, 1.82) is 0 Å². The first-order chi connectivity index (χ1) is 10.7. The molecule has 2 amide bonds. The number of ether oxygens (including phenoxy) is 1. The van der Waals surface area contributed by atoms with E-state index in [0.29, 0.717) is 13.2 Å². The summed E-state index contributed by atoms with van der Waals surface area (Å²) in [5, 5.41) is 14.7. The molecule has 6 heteroatoms. The van der Waals surface area contributed by atoms with Crippen LogP contribution in [0.15, 0.2) is 47.1 Å². The molecule has 0 aliphatic rings. The fourth-order valence-corrected chi connectivity index (χ4v) is 2.02. The smallest absolute Gasteiger partial charge is 0.315 e. The van der Waals surface area contributed by atoms with Gasteiger partial charge in [0.2, 0.25) is 0 Å². The average molecular weight is 304 g/mol. The maximum atomic E-state index is 11.7. The summed E-state index contributed by atoms with van der Waals surface area (Å²) in [6.45, 7) is 2.56. The van der Waals surface area contributed by atoms with Gasteiger partial charge in [0.05, 0.1) is 12.8 Å². The van der Waals surface area contributed by atoms with Crippen LogP contribution in [-0.2, 0) is 11.3 Å². The van der Waals surface area contributed by atoms with E-state index in [1.807, 2.05) is 36.4 Å². The molecular weight excluding hydrogens is 284 g/mol. The second-order valence-corrected chi connectivity index (χ2v) is 4.61. The van der Waals surface area contributed by atoms with Gasteiger partial charge in [0, 0.05) is 18.7 Å². The van der Waals surface area contributed by atoms with E-state index in [-0.39, 0.29) is 12.6 Å². The maximum Gasteiger partial charge on any atom is 0.315 e. The number of nitrogens with one attached hydrogen (secondary N) is 2. The average Bonchev–Trinajstić information content (AvgIpc) is 3.06. The molecule has 22 heavy (non-hydrogen) atoms. The number of furan rings is 1. The van der Waals surface area contributed by atoms with E-state index in [4.69, 9.17) is 9.15 Å². The van der Waals surface area contributed by atoms with Crippen LogP contribution in [-0.4, -0.2) is 30.6 Å². The summed E-state index contributed by atoms with van der Waals surface area (Å²) in [6.07, 6.45) is 0.618. The first kappa shape index (κ1) is 16.1. The van der Waals surface area contributed by atoms with Gasteiger partial charge in [-0.15, -0.1) is 0 Å². The molecule has 2 aromatic rings. The van der Waals surface area contributed by atoms with Crippen molar-refractivity contribution in [3.8, 4) is 11.3 Å². The van der Waals surface area contributed by atoms with Gasteiger partial charge in [-0.1, -0.05) is 24.3 Å². The van der Waals surface area contributed by atoms with Crippen molar-refractivity contribution >= 4 is 6.03 Å². The molecule has 0 bridgehead atoms. The molecule has 1 unspecified atom stereocenters. The van der Waals surface area contributed by atoms with Crippen LogP contribution < -0.4 is 10.6 Å². The fourth-order valence-electron chi connectivity index (χ4n) is 2.02. The molecule has 2 rings (SSSR count). The van der Waals surface area contributed by atoms with E-state index in [0.717, 1.165) is 16.9 Å². The third-order valence-corrected chi connectivity index (χ3v) is 3.04. The molecule has 1 aromatic heterocycles. The van der Waals surface area contributed by atoms with E-state index in [1.165, 1.54) is 0 Å². The van der Waals surface area contributed by atoms with Crippen LogP contribution in [0.25, 0.3) is 11.3 Å². The lowest BCUT2D eigenvalue weighted by atomic mass is 10.1. The van der Waals surface area contributed by atoms with Crippen molar-refractivity contribution in [2.24, 2.45) is 0 Å². The highest BCUT2D eigenvalue weighted by molar-refractivity contribution is 5.74. The van der Waals surface area contributed by atoms with Gasteiger partial charge >= 0.3 is 6.03 Å². The van der Waals surface area contributed by atoms with Crippen molar-refractivity contribution in [2.75, 3.05) is 13.2 Å². The molecule has 1 atom stereocenters. The van der Waals surface area contributed by atoms with Gasteiger partial charge in [-0.2, -0.15) is 0 Å². The Labute approximate surface area is 129 Å². The van der Waals surface area contributed by atoms with E-state index >= 15 is 0 Å². The van der Waals surface area contributed by atoms with Gasteiger partial charge in [-0.3, -0.25) is 0 Å². The van der Waals surface area contributed by atoms with E-state index in [9.17, 15) is 9.90 Å². The number of rotatable bonds is 7. The predicted molar refractivity (Wildman–Crippen MR) is 82.0 cm³/mol. The highest BCUT2D eigenvalue weighted by atomic mass is 16.6. The van der Waals surface area contributed by atoms with Crippen molar-refractivity contribution in [3.05, 3.63) is 48.2 Å². The summed E-state index contributed by atoms with van der Waals surface area (Å²) >= 11 is 0. The molecule has 3 N–H and O–H groups in total. The van der Waals surface area contributed by atoms with Crippen LogP contribution in [0.1, 0.15) is 12.5 Å². The van der Waals surface area contributed by atoms with Gasteiger partial charge in [-0.25, -0.2) is 4.79 Å². The number of urea groups is 1. The van der Waals surface area contributed by atoms with E-state index < -0.39 is 6.29 Å². The molecule has 0 saturated heterocycles. The number of carbonyl (C=O) groups excluding carboxylic acids is 1. The Balaban J connectivity index is 1.88. The number of hydrogen-bond donors (Lipinski definition) is 3. The van der Waals surface area contributed by atoms with Crippen LogP contribution in [0.4, 0.5) is 4.79 Å². The van der Waals surface area contributed by atoms with Crippen LogP contribution in [0, 0.1) is 0 Å². The first-order valence-electron chi connectivity index (χ1n) is 7.14. The van der Waals surface area contributed by atoms with Crippen molar-refractivity contribution in [2.45, 2.75) is 19.8 Å². The van der Waals surface area contributed by atoms with Crippen LogP contribution in [0.5, 0.6) is 0 Å². The molecule has 6 nitrogen and oxygen atoms in total. The second kappa shape index (κ2) is 8.21. The number of aliphatic hydroxyl groups excluding tert-OH is 1. The highest BCUT2D eigenvalue weighted by Crippen LogP contribution is 2.23. The highest BCUT2D eigenvalue weighted by Gasteiger charge is 2.09. The van der Waals surface area contributed by atoms with Crippen molar-refractivity contribution in [1.82, 2.24) is 10.6 Å². The molecule has 0 radical (unpaired) electrons. The van der Waals surface area contributed by atoms with Crippen LogP contribution in [0.2, 0.25) is 0 Å². The summed E-state index contributed by atoms with van der Waals surface area (Å²) in [4.78, 5) is 11.7. The fraction of sp³-hybridized carbons (Fsp3) is 0.312. The summed E-state index contributed by atoms with van der Waals surface area (Å²) in [6, 6.07) is 11.0. The third-order valence-electron chi connectivity index (χ3n) is 3.04. The van der Waals surface area contributed by atoms with Gasteiger partial charge < -0.3 is 24.9 Å². The Bertz CT molecular complexity index is 584. The molecule has 1 aromatic carbocycles. The normalized spacial score (nSPS) is 11.9. The largest absolute Gasteiger partial charge is 0.464 e. The lowest BCUT2D eigenvalue weighted by Crippen LogP contribution is -2.40. The molecule has 0 aliphatic carbocycles. The molecule has 0 aliphatic heterocycles. The Kier molecular flexibility index (Phi) is 6.00. The number of hydrogen-bond acceptors (Lipinski definition) is 4. The minimum Gasteiger partial charge on any atom is -0.464 e. The van der Waals surface area contributed by atoms with Gasteiger partial charge in [0.1, 0.15) is 5.76 Å². The minimum absolute atomic E-state index is 0.0412.